The van der Waals surface area contributed by atoms with Gasteiger partial charge in [-0.15, -0.1) is 11.6 Å². The molecule has 0 amide bonds. The molecule has 4 nitrogen and oxygen atoms in total. The van der Waals surface area contributed by atoms with Gasteiger partial charge in [0.05, 0.1) is 18.5 Å². The summed E-state index contributed by atoms with van der Waals surface area (Å²) in [6.45, 7) is 1.24. The Morgan fingerprint density at radius 1 is 1.82 bits per heavy atom. The standard InChI is InChI=1S/C6H10ClNO3/c7-3-6(5(9)10)4-8-1-2-11-6/h8H,1-4H2,(H,9,10)/p-1. The van der Waals surface area contributed by atoms with Crippen LogP contribution >= 0.6 is 11.6 Å². The molecule has 0 aliphatic carbocycles. The molecule has 11 heavy (non-hydrogen) atoms. The van der Waals surface area contributed by atoms with Gasteiger partial charge < -0.3 is 20.0 Å². The smallest absolute Gasteiger partial charge is 0.133 e. The van der Waals surface area contributed by atoms with Crippen LogP contribution in [0.1, 0.15) is 0 Å². The third kappa shape index (κ3) is 1.64. The molecule has 0 spiro atoms. The van der Waals surface area contributed by atoms with E-state index in [1.54, 1.807) is 0 Å². The van der Waals surface area contributed by atoms with Crippen LogP contribution in [0.15, 0.2) is 0 Å². The van der Waals surface area contributed by atoms with Crippen molar-refractivity contribution in [2.24, 2.45) is 0 Å². The Labute approximate surface area is 69.5 Å². The summed E-state index contributed by atoms with van der Waals surface area (Å²) < 4.78 is 5.02. The van der Waals surface area contributed by atoms with Gasteiger partial charge in [0.2, 0.25) is 0 Å². The fraction of sp³-hybridized carbons (Fsp3) is 0.833. The maximum Gasteiger partial charge on any atom is 0.133 e. The minimum Gasteiger partial charge on any atom is -0.547 e. The summed E-state index contributed by atoms with van der Waals surface area (Å²) >= 11 is 5.45. The van der Waals surface area contributed by atoms with Gasteiger partial charge in [0.15, 0.2) is 0 Å². The predicted octanol–water partition coefficient (Wildman–Crippen LogP) is -1.67. The number of nitrogens with one attached hydrogen (secondary N) is 1. The molecular formula is C6H9ClNO3-. The first-order valence-corrected chi connectivity index (χ1v) is 3.87. The second-order valence-electron chi connectivity index (χ2n) is 2.44. The Morgan fingerprint density at radius 3 is 2.82 bits per heavy atom. The number of alkyl halides is 1. The van der Waals surface area contributed by atoms with Crippen molar-refractivity contribution in [3.63, 3.8) is 0 Å². The van der Waals surface area contributed by atoms with Crippen LogP contribution in [-0.4, -0.2) is 37.1 Å². The third-order valence-electron chi connectivity index (χ3n) is 1.66. The van der Waals surface area contributed by atoms with Crippen molar-refractivity contribution in [1.82, 2.24) is 5.32 Å². The normalized spacial score (nSPS) is 31.7. The number of morpholine rings is 1. The van der Waals surface area contributed by atoms with Crippen molar-refractivity contribution in [2.45, 2.75) is 5.60 Å². The van der Waals surface area contributed by atoms with Crippen molar-refractivity contribution < 1.29 is 14.6 Å². The number of carbonyl (C=O) groups is 1. The molecule has 1 rings (SSSR count). The largest absolute Gasteiger partial charge is 0.547 e. The lowest BCUT2D eigenvalue weighted by atomic mass is 10.1. The maximum atomic E-state index is 10.5. The molecular weight excluding hydrogens is 170 g/mol. The van der Waals surface area contributed by atoms with Gasteiger partial charge in [0.25, 0.3) is 0 Å². The number of ether oxygens (including phenoxy) is 1. The second kappa shape index (κ2) is 3.38. The average Bonchev–Trinajstić information content (AvgIpc) is 2.05. The van der Waals surface area contributed by atoms with Crippen LogP contribution in [0, 0.1) is 0 Å². The zero-order chi connectivity index (χ0) is 8.32. The highest BCUT2D eigenvalue weighted by atomic mass is 35.5. The van der Waals surface area contributed by atoms with Crippen molar-refractivity contribution >= 4 is 17.6 Å². The van der Waals surface area contributed by atoms with Crippen molar-refractivity contribution in [3.05, 3.63) is 0 Å². The zero-order valence-electron chi connectivity index (χ0n) is 5.93. The van der Waals surface area contributed by atoms with E-state index in [9.17, 15) is 9.90 Å². The molecule has 64 valence electrons. The second-order valence-corrected chi connectivity index (χ2v) is 2.71. The van der Waals surface area contributed by atoms with Gasteiger partial charge in [0.1, 0.15) is 5.60 Å². The molecule has 5 heteroatoms. The lowest BCUT2D eigenvalue weighted by molar-refractivity contribution is -0.326. The lowest BCUT2D eigenvalue weighted by Crippen LogP contribution is -2.61. The highest BCUT2D eigenvalue weighted by molar-refractivity contribution is 6.20. The molecule has 1 fully saturated rings. The van der Waals surface area contributed by atoms with E-state index in [1.807, 2.05) is 0 Å². The predicted molar refractivity (Wildman–Crippen MR) is 37.3 cm³/mol. The fourth-order valence-electron chi connectivity index (χ4n) is 0.931. The van der Waals surface area contributed by atoms with Crippen LogP contribution in [0.4, 0.5) is 0 Å². The average molecular weight is 179 g/mol. The molecule has 0 saturated carbocycles. The summed E-state index contributed by atoms with van der Waals surface area (Å²) in [6.07, 6.45) is 0. The summed E-state index contributed by atoms with van der Waals surface area (Å²) in [5, 5.41) is 13.4. The Kier molecular flexibility index (Phi) is 2.70. The van der Waals surface area contributed by atoms with E-state index in [4.69, 9.17) is 16.3 Å². The minimum atomic E-state index is -1.32. The molecule has 1 aliphatic heterocycles. The van der Waals surface area contributed by atoms with Crippen molar-refractivity contribution in [3.8, 4) is 0 Å². The summed E-state index contributed by atoms with van der Waals surface area (Å²) in [6, 6.07) is 0. The van der Waals surface area contributed by atoms with Crippen LogP contribution in [0.2, 0.25) is 0 Å². The van der Waals surface area contributed by atoms with Crippen LogP contribution in [-0.2, 0) is 9.53 Å². The molecule has 0 radical (unpaired) electrons. The molecule has 1 aliphatic rings. The van der Waals surface area contributed by atoms with Gasteiger partial charge in [-0.05, 0) is 0 Å². The molecule has 0 bridgehead atoms. The third-order valence-corrected chi connectivity index (χ3v) is 2.09. The summed E-state index contributed by atoms with van der Waals surface area (Å²) in [5.74, 6) is -1.33. The van der Waals surface area contributed by atoms with E-state index in [2.05, 4.69) is 5.32 Å². The number of carboxylic acids is 1. The van der Waals surface area contributed by atoms with Crippen LogP contribution < -0.4 is 10.4 Å². The highest BCUT2D eigenvalue weighted by Gasteiger charge is 2.33. The van der Waals surface area contributed by atoms with Gasteiger partial charge in [-0.2, -0.15) is 0 Å². The van der Waals surface area contributed by atoms with E-state index < -0.39 is 11.6 Å². The topological polar surface area (TPSA) is 61.4 Å². The highest BCUT2D eigenvalue weighted by Crippen LogP contribution is 2.13. The Morgan fingerprint density at radius 2 is 2.55 bits per heavy atom. The van der Waals surface area contributed by atoms with E-state index in [0.29, 0.717) is 13.2 Å². The van der Waals surface area contributed by atoms with Crippen LogP contribution in [0.3, 0.4) is 0 Å². The number of hydrogen-bond acceptors (Lipinski definition) is 4. The van der Waals surface area contributed by atoms with Crippen LogP contribution in [0.25, 0.3) is 0 Å². The number of carboxylic acid groups (broad SMARTS) is 1. The van der Waals surface area contributed by atoms with Crippen molar-refractivity contribution in [1.29, 1.82) is 0 Å². The van der Waals surface area contributed by atoms with E-state index in [-0.39, 0.29) is 12.4 Å². The number of rotatable bonds is 2. The Balaban J connectivity index is 2.64. The molecule has 1 unspecified atom stereocenters. The van der Waals surface area contributed by atoms with Gasteiger partial charge in [-0.3, -0.25) is 0 Å². The first-order chi connectivity index (χ1) is 5.21. The molecule has 0 aromatic rings. The maximum absolute atomic E-state index is 10.5. The summed E-state index contributed by atoms with van der Waals surface area (Å²) in [4.78, 5) is 10.5. The quantitative estimate of drug-likeness (QED) is 0.514. The van der Waals surface area contributed by atoms with Gasteiger partial charge in [-0.1, -0.05) is 0 Å². The van der Waals surface area contributed by atoms with Crippen LogP contribution in [0.5, 0.6) is 0 Å². The molecule has 0 aromatic carbocycles. The first kappa shape index (κ1) is 8.77. The SMILES string of the molecule is O=C([O-])C1(CCl)CNCCO1. The van der Waals surface area contributed by atoms with Gasteiger partial charge in [-0.25, -0.2) is 0 Å². The molecule has 1 saturated heterocycles. The zero-order valence-corrected chi connectivity index (χ0v) is 6.69. The number of aliphatic carboxylic acids is 1. The Hall–Kier alpha value is -0.320. The fourth-order valence-corrected chi connectivity index (χ4v) is 1.21. The van der Waals surface area contributed by atoms with Crippen molar-refractivity contribution in [2.75, 3.05) is 25.6 Å². The molecule has 1 N–H and O–H groups in total. The minimum absolute atomic E-state index is 0.0810. The first-order valence-electron chi connectivity index (χ1n) is 3.33. The molecule has 1 atom stereocenters. The van der Waals surface area contributed by atoms with Gasteiger partial charge in [0, 0.05) is 13.1 Å². The Bertz CT molecular complexity index is 156. The van der Waals surface area contributed by atoms with Gasteiger partial charge >= 0.3 is 0 Å². The van der Waals surface area contributed by atoms with E-state index in [1.165, 1.54) is 0 Å². The van der Waals surface area contributed by atoms with E-state index in [0.717, 1.165) is 0 Å². The van der Waals surface area contributed by atoms with E-state index >= 15 is 0 Å². The number of halogens is 1. The summed E-state index contributed by atoms with van der Waals surface area (Å²) in [5.41, 5.74) is -1.32. The monoisotopic (exact) mass is 178 g/mol. The molecule has 0 aromatic heterocycles. The lowest BCUT2D eigenvalue weighted by Gasteiger charge is -2.36. The number of hydrogen-bond donors (Lipinski definition) is 1. The summed E-state index contributed by atoms with van der Waals surface area (Å²) in [7, 11) is 0. The molecule has 1 heterocycles. The number of carbonyl (C=O) groups excluding carboxylic acids is 1.